The molecule has 0 radical (unpaired) electrons. The fraction of sp³-hybridized carbons (Fsp3) is 0.316. The van der Waals surface area contributed by atoms with Gasteiger partial charge in [0.25, 0.3) is 0 Å². The highest BCUT2D eigenvalue weighted by Crippen LogP contribution is 2.17. The summed E-state index contributed by atoms with van der Waals surface area (Å²) in [6.45, 7) is 3.27. The predicted molar refractivity (Wildman–Crippen MR) is 98.4 cm³/mol. The molecule has 0 saturated heterocycles. The van der Waals surface area contributed by atoms with E-state index in [-0.39, 0.29) is 24.9 Å². The molecule has 0 bridgehead atoms. The number of carbonyl (C=O) groups is 3. The molecule has 138 valence electrons. The van der Waals surface area contributed by atoms with Crippen molar-refractivity contribution in [3.63, 3.8) is 0 Å². The zero-order valence-electron chi connectivity index (χ0n) is 14.7. The molecule has 26 heavy (non-hydrogen) atoms. The van der Waals surface area contributed by atoms with Gasteiger partial charge in [-0.25, -0.2) is 4.79 Å². The second-order valence-corrected chi connectivity index (χ2v) is 6.71. The van der Waals surface area contributed by atoms with Gasteiger partial charge in [-0.3, -0.25) is 9.59 Å². The number of aryl methyl sites for hydroxylation is 1. The fourth-order valence-corrected chi connectivity index (χ4v) is 2.93. The minimum Gasteiger partial charge on any atom is -0.482 e. The van der Waals surface area contributed by atoms with Crippen molar-refractivity contribution in [1.29, 1.82) is 0 Å². The first-order chi connectivity index (χ1) is 12.5. The van der Waals surface area contributed by atoms with E-state index in [2.05, 4.69) is 12.2 Å². The Morgan fingerprint density at radius 2 is 1.77 bits per heavy atom. The molecular formula is C19H21NO5S. The van der Waals surface area contributed by atoms with E-state index in [0.29, 0.717) is 17.2 Å². The van der Waals surface area contributed by atoms with Gasteiger partial charge in [0.05, 0.1) is 11.4 Å². The second-order valence-electron chi connectivity index (χ2n) is 5.55. The van der Waals surface area contributed by atoms with Crippen LogP contribution in [0.4, 0.5) is 0 Å². The van der Waals surface area contributed by atoms with E-state index in [1.807, 2.05) is 12.1 Å². The molecule has 2 rings (SSSR count). The minimum atomic E-state index is -0.604. The summed E-state index contributed by atoms with van der Waals surface area (Å²) >= 11 is 1.26. The summed E-state index contributed by atoms with van der Waals surface area (Å²) in [4.78, 5) is 36.0. The molecule has 1 aromatic carbocycles. The zero-order chi connectivity index (χ0) is 18.9. The van der Waals surface area contributed by atoms with Crippen LogP contribution in [0.2, 0.25) is 0 Å². The van der Waals surface area contributed by atoms with Gasteiger partial charge in [0, 0.05) is 11.8 Å². The predicted octanol–water partition coefficient (Wildman–Crippen LogP) is 2.75. The first kappa shape index (κ1) is 19.7. The lowest BCUT2D eigenvalue weighted by molar-refractivity contribution is -0.144. The average Bonchev–Trinajstić information content (AvgIpc) is 3.12. The topological polar surface area (TPSA) is 81.7 Å². The van der Waals surface area contributed by atoms with Gasteiger partial charge in [0.15, 0.2) is 13.2 Å². The third-order valence-electron chi connectivity index (χ3n) is 3.50. The van der Waals surface area contributed by atoms with Crippen LogP contribution in [0.3, 0.4) is 0 Å². The van der Waals surface area contributed by atoms with E-state index >= 15 is 0 Å². The molecule has 0 fully saturated rings. The molecule has 0 aliphatic heterocycles. The highest BCUT2D eigenvalue weighted by Gasteiger charge is 2.13. The maximum atomic E-state index is 12.1. The summed E-state index contributed by atoms with van der Waals surface area (Å²) in [6.07, 6.45) is 0.930. The molecule has 2 aromatic rings. The summed E-state index contributed by atoms with van der Waals surface area (Å²) in [5.74, 6) is -0.450. The molecule has 0 aliphatic carbocycles. The maximum absolute atomic E-state index is 12.1. The average molecular weight is 375 g/mol. The second kappa shape index (κ2) is 9.72. The molecule has 0 unspecified atom stereocenters. The summed E-state index contributed by atoms with van der Waals surface area (Å²) in [5, 5.41) is 2.66. The SMILES string of the molecule is CCc1ccc(OCC(=O)OCC(=O)c2ccc(CNC(C)=O)s2)cc1. The number of ketones is 1. The third-order valence-corrected chi connectivity index (χ3v) is 4.63. The number of benzene rings is 1. The van der Waals surface area contributed by atoms with Crippen LogP contribution in [0.5, 0.6) is 5.75 Å². The monoisotopic (exact) mass is 375 g/mol. The van der Waals surface area contributed by atoms with Crippen molar-refractivity contribution < 1.29 is 23.9 Å². The Bertz CT molecular complexity index is 766. The largest absolute Gasteiger partial charge is 0.482 e. The van der Waals surface area contributed by atoms with E-state index < -0.39 is 5.97 Å². The zero-order valence-corrected chi connectivity index (χ0v) is 15.6. The van der Waals surface area contributed by atoms with Crippen molar-refractivity contribution in [2.24, 2.45) is 0 Å². The van der Waals surface area contributed by atoms with E-state index in [0.717, 1.165) is 11.3 Å². The van der Waals surface area contributed by atoms with Crippen molar-refractivity contribution in [1.82, 2.24) is 5.32 Å². The van der Waals surface area contributed by atoms with Gasteiger partial charge in [0.1, 0.15) is 5.75 Å². The van der Waals surface area contributed by atoms with Crippen LogP contribution in [0, 0.1) is 0 Å². The van der Waals surface area contributed by atoms with E-state index in [9.17, 15) is 14.4 Å². The number of hydrogen-bond donors (Lipinski definition) is 1. The van der Waals surface area contributed by atoms with Crippen molar-refractivity contribution in [2.75, 3.05) is 13.2 Å². The van der Waals surface area contributed by atoms with E-state index in [4.69, 9.17) is 9.47 Å². The summed E-state index contributed by atoms with van der Waals surface area (Å²) in [6, 6.07) is 10.9. The number of rotatable bonds is 9. The molecular weight excluding hydrogens is 354 g/mol. The van der Waals surface area contributed by atoms with Gasteiger partial charge in [-0.05, 0) is 36.2 Å². The van der Waals surface area contributed by atoms with Crippen molar-refractivity contribution >= 4 is 29.0 Å². The molecule has 0 spiro atoms. The lowest BCUT2D eigenvalue weighted by atomic mass is 10.2. The van der Waals surface area contributed by atoms with E-state index in [1.165, 1.54) is 23.8 Å². The van der Waals surface area contributed by atoms with Crippen LogP contribution in [0.25, 0.3) is 0 Å². The number of esters is 1. The standard InChI is InChI=1S/C19H21NO5S/c1-3-14-4-6-15(7-5-14)24-12-19(23)25-11-17(22)18-9-8-16(26-18)10-20-13(2)21/h4-9H,3,10-12H2,1-2H3,(H,20,21). The van der Waals surface area contributed by atoms with Gasteiger partial charge in [-0.15, -0.1) is 11.3 Å². The Morgan fingerprint density at radius 3 is 2.42 bits per heavy atom. The first-order valence-electron chi connectivity index (χ1n) is 8.21. The number of hydrogen-bond acceptors (Lipinski definition) is 6. The molecule has 0 saturated carbocycles. The van der Waals surface area contributed by atoms with Crippen LogP contribution < -0.4 is 10.1 Å². The Labute approximate surface area is 156 Å². The van der Waals surface area contributed by atoms with Gasteiger partial charge in [-0.2, -0.15) is 0 Å². The number of thiophene rings is 1. The maximum Gasteiger partial charge on any atom is 0.344 e. The van der Waals surface area contributed by atoms with Crippen molar-refractivity contribution in [2.45, 2.75) is 26.8 Å². The summed E-state index contributed by atoms with van der Waals surface area (Å²) in [5.41, 5.74) is 1.18. The Morgan fingerprint density at radius 1 is 1.04 bits per heavy atom. The van der Waals surface area contributed by atoms with Gasteiger partial charge in [0.2, 0.25) is 11.7 Å². The highest BCUT2D eigenvalue weighted by atomic mass is 32.1. The number of nitrogens with one attached hydrogen (secondary N) is 1. The van der Waals surface area contributed by atoms with E-state index in [1.54, 1.807) is 24.3 Å². The van der Waals surface area contributed by atoms with Crippen LogP contribution >= 0.6 is 11.3 Å². The molecule has 1 N–H and O–H groups in total. The summed E-state index contributed by atoms with van der Waals surface area (Å²) in [7, 11) is 0. The molecule has 1 aromatic heterocycles. The number of carbonyl (C=O) groups excluding carboxylic acids is 3. The Balaban J connectivity index is 1.74. The smallest absolute Gasteiger partial charge is 0.344 e. The van der Waals surface area contributed by atoms with Gasteiger partial charge >= 0.3 is 5.97 Å². The molecule has 0 atom stereocenters. The summed E-state index contributed by atoms with van der Waals surface area (Å²) < 4.78 is 10.3. The molecule has 7 heteroatoms. The minimum absolute atomic E-state index is 0.135. The Kier molecular flexibility index (Phi) is 7.35. The molecule has 0 aliphatic rings. The fourth-order valence-electron chi connectivity index (χ4n) is 2.06. The number of amides is 1. The lowest BCUT2D eigenvalue weighted by Gasteiger charge is -2.07. The van der Waals surface area contributed by atoms with Crippen molar-refractivity contribution in [3.05, 3.63) is 51.7 Å². The lowest BCUT2D eigenvalue weighted by Crippen LogP contribution is -2.19. The van der Waals surface area contributed by atoms with Crippen LogP contribution in [-0.2, 0) is 27.3 Å². The van der Waals surface area contributed by atoms with Crippen LogP contribution in [0.15, 0.2) is 36.4 Å². The highest BCUT2D eigenvalue weighted by molar-refractivity contribution is 7.14. The molecule has 1 heterocycles. The molecule has 6 nitrogen and oxygen atoms in total. The van der Waals surface area contributed by atoms with Crippen LogP contribution in [0.1, 0.15) is 34.0 Å². The Hall–Kier alpha value is -2.67. The molecule has 1 amide bonds. The quantitative estimate of drug-likeness (QED) is 0.538. The number of ether oxygens (including phenoxy) is 2. The van der Waals surface area contributed by atoms with Crippen molar-refractivity contribution in [3.8, 4) is 5.75 Å². The number of Topliss-reactive ketones (excluding diaryl/α,β-unsaturated/α-hetero) is 1. The first-order valence-corrected chi connectivity index (χ1v) is 9.03. The van der Waals surface area contributed by atoms with Gasteiger partial charge < -0.3 is 14.8 Å². The third kappa shape index (κ3) is 6.33. The van der Waals surface area contributed by atoms with Gasteiger partial charge in [-0.1, -0.05) is 19.1 Å². The normalized spacial score (nSPS) is 10.2. The van der Waals surface area contributed by atoms with Crippen LogP contribution in [-0.4, -0.2) is 30.9 Å².